The van der Waals surface area contributed by atoms with Crippen LogP contribution in [-0.2, 0) is 14.8 Å². The molecule has 1 aromatic heterocycles. The second-order valence-corrected chi connectivity index (χ2v) is 9.53. The molecule has 0 aliphatic carbocycles. The van der Waals surface area contributed by atoms with Crippen LogP contribution in [0.3, 0.4) is 0 Å². The van der Waals surface area contributed by atoms with Gasteiger partial charge in [-0.3, -0.25) is 9.69 Å². The van der Waals surface area contributed by atoms with Gasteiger partial charge in [0, 0.05) is 31.9 Å². The highest BCUT2D eigenvalue weighted by Gasteiger charge is 2.30. The Morgan fingerprint density at radius 3 is 2.36 bits per heavy atom. The van der Waals surface area contributed by atoms with E-state index in [9.17, 15) is 13.2 Å². The standard InChI is InChI=1S/C16H18ClN3O3S2/c17-14-6-7-16(24-14)25(22,23)20-10-8-19(9-11-20)12-15(21)18-13-4-2-1-3-5-13/h1-7H,8-12H2,(H,18,21). The van der Waals surface area contributed by atoms with Crippen LogP contribution in [0, 0.1) is 0 Å². The quantitative estimate of drug-likeness (QED) is 0.837. The number of amides is 1. The van der Waals surface area contributed by atoms with Gasteiger partial charge in [0.05, 0.1) is 10.9 Å². The van der Waals surface area contributed by atoms with Gasteiger partial charge in [-0.15, -0.1) is 11.3 Å². The first-order valence-electron chi connectivity index (χ1n) is 7.78. The lowest BCUT2D eigenvalue weighted by molar-refractivity contribution is -0.117. The lowest BCUT2D eigenvalue weighted by Gasteiger charge is -2.33. The first-order valence-corrected chi connectivity index (χ1v) is 10.4. The van der Waals surface area contributed by atoms with Crippen LogP contribution in [-0.4, -0.2) is 56.3 Å². The fourth-order valence-corrected chi connectivity index (χ4v) is 5.68. The van der Waals surface area contributed by atoms with Gasteiger partial charge >= 0.3 is 0 Å². The molecule has 0 atom stereocenters. The Kier molecular flexibility index (Phi) is 5.75. The Balaban J connectivity index is 1.52. The molecule has 0 saturated carbocycles. The van der Waals surface area contributed by atoms with Gasteiger partial charge in [0.15, 0.2) is 0 Å². The summed E-state index contributed by atoms with van der Waals surface area (Å²) in [5, 5.41) is 2.83. The molecule has 0 spiro atoms. The number of hydrogen-bond acceptors (Lipinski definition) is 5. The molecule has 2 aromatic rings. The van der Waals surface area contributed by atoms with E-state index in [0.717, 1.165) is 17.0 Å². The molecule has 1 aromatic carbocycles. The van der Waals surface area contributed by atoms with E-state index >= 15 is 0 Å². The molecule has 1 aliphatic rings. The Morgan fingerprint density at radius 1 is 1.08 bits per heavy atom. The van der Waals surface area contributed by atoms with Crippen LogP contribution < -0.4 is 5.32 Å². The predicted molar refractivity (Wildman–Crippen MR) is 99.6 cm³/mol. The third-order valence-corrected chi connectivity index (χ3v) is 7.50. The number of rotatable bonds is 5. The zero-order valence-corrected chi connectivity index (χ0v) is 15.8. The van der Waals surface area contributed by atoms with E-state index in [0.29, 0.717) is 30.5 Å². The highest BCUT2D eigenvalue weighted by molar-refractivity contribution is 7.91. The predicted octanol–water partition coefficient (Wildman–Crippen LogP) is 2.35. The van der Waals surface area contributed by atoms with Crippen molar-refractivity contribution in [3.05, 3.63) is 46.8 Å². The number of sulfonamides is 1. The molecule has 1 fully saturated rings. The van der Waals surface area contributed by atoms with Gasteiger partial charge < -0.3 is 5.32 Å². The summed E-state index contributed by atoms with van der Waals surface area (Å²) in [5.41, 5.74) is 0.753. The van der Waals surface area contributed by atoms with Crippen LogP contribution in [0.15, 0.2) is 46.7 Å². The number of nitrogens with one attached hydrogen (secondary N) is 1. The number of halogens is 1. The van der Waals surface area contributed by atoms with E-state index < -0.39 is 10.0 Å². The number of hydrogen-bond donors (Lipinski definition) is 1. The second kappa shape index (κ2) is 7.84. The maximum absolute atomic E-state index is 12.6. The molecular weight excluding hydrogens is 382 g/mol. The molecular formula is C16H18ClN3O3S2. The molecule has 134 valence electrons. The van der Waals surface area contributed by atoms with Crippen LogP contribution in [0.1, 0.15) is 0 Å². The van der Waals surface area contributed by atoms with Gasteiger partial charge in [0.1, 0.15) is 4.21 Å². The van der Waals surface area contributed by atoms with E-state index in [1.165, 1.54) is 10.4 Å². The maximum Gasteiger partial charge on any atom is 0.252 e. The minimum absolute atomic E-state index is 0.104. The summed E-state index contributed by atoms with van der Waals surface area (Å²) in [6, 6.07) is 12.4. The smallest absolute Gasteiger partial charge is 0.252 e. The fourth-order valence-electron chi connectivity index (χ4n) is 2.62. The summed E-state index contributed by atoms with van der Waals surface area (Å²) in [4.78, 5) is 14.0. The van der Waals surface area contributed by atoms with Gasteiger partial charge in [-0.2, -0.15) is 4.31 Å². The van der Waals surface area contributed by atoms with Crippen molar-refractivity contribution < 1.29 is 13.2 Å². The molecule has 3 rings (SSSR count). The molecule has 6 nitrogen and oxygen atoms in total. The van der Waals surface area contributed by atoms with E-state index in [1.54, 1.807) is 6.07 Å². The molecule has 1 saturated heterocycles. The second-order valence-electron chi connectivity index (χ2n) is 5.65. The van der Waals surface area contributed by atoms with Gasteiger partial charge in [0.2, 0.25) is 5.91 Å². The van der Waals surface area contributed by atoms with Crippen LogP contribution >= 0.6 is 22.9 Å². The number of anilines is 1. The van der Waals surface area contributed by atoms with E-state index in [1.807, 2.05) is 35.2 Å². The molecule has 1 aliphatic heterocycles. The molecule has 9 heteroatoms. The fraction of sp³-hybridized carbons (Fsp3) is 0.312. The molecule has 1 amide bonds. The number of para-hydroxylation sites is 1. The van der Waals surface area contributed by atoms with Crippen molar-refractivity contribution in [2.24, 2.45) is 0 Å². The Hall–Kier alpha value is -1.45. The summed E-state index contributed by atoms with van der Waals surface area (Å²) >= 11 is 6.89. The minimum Gasteiger partial charge on any atom is -0.325 e. The van der Waals surface area contributed by atoms with Crippen molar-refractivity contribution in [2.75, 3.05) is 38.0 Å². The lowest BCUT2D eigenvalue weighted by atomic mass is 10.3. The SMILES string of the molecule is O=C(CN1CCN(S(=O)(=O)c2ccc(Cl)s2)CC1)Nc1ccccc1. The van der Waals surface area contributed by atoms with E-state index in [-0.39, 0.29) is 16.7 Å². The largest absolute Gasteiger partial charge is 0.325 e. The van der Waals surface area contributed by atoms with Crippen molar-refractivity contribution in [1.82, 2.24) is 9.21 Å². The highest BCUT2D eigenvalue weighted by atomic mass is 35.5. The number of nitrogens with zero attached hydrogens (tertiary/aromatic N) is 2. The van der Waals surface area contributed by atoms with Gasteiger partial charge in [0.25, 0.3) is 10.0 Å². The summed E-state index contributed by atoms with van der Waals surface area (Å²) in [6.07, 6.45) is 0. The molecule has 0 radical (unpaired) electrons. The highest BCUT2D eigenvalue weighted by Crippen LogP contribution is 2.28. The average Bonchev–Trinajstić information content (AvgIpc) is 3.03. The summed E-state index contributed by atoms with van der Waals surface area (Å²) in [6.45, 7) is 1.99. The normalized spacial score (nSPS) is 16.7. The van der Waals surface area contributed by atoms with Crippen molar-refractivity contribution in [3.63, 3.8) is 0 Å². The minimum atomic E-state index is -3.50. The number of benzene rings is 1. The van der Waals surface area contributed by atoms with Gasteiger partial charge in [-0.1, -0.05) is 29.8 Å². The number of thiophene rings is 1. The first-order chi connectivity index (χ1) is 11.9. The number of piperazine rings is 1. The van der Waals surface area contributed by atoms with Crippen molar-refractivity contribution in [1.29, 1.82) is 0 Å². The number of carbonyl (C=O) groups is 1. The zero-order chi connectivity index (χ0) is 17.9. The molecule has 2 heterocycles. The first kappa shape index (κ1) is 18.3. The average molecular weight is 400 g/mol. The third-order valence-electron chi connectivity index (χ3n) is 3.90. The van der Waals surface area contributed by atoms with E-state index in [2.05, 4.69) is 5.32 Å². The zero-order valence-electron chi connectivity index (χ0n) is 13.4. The van der Waals surface area contributed by atoms with Crippen molar-refractivity contribution in [3.8, 4) is 0 Å². The van der Waals surface area contributed by atoms with Crippen LogP contribution in [0.2, 0.25) is 4.34 Å². The topological polar surface area (TPSA) is 69.7 Å². The molecule has 0 unspecified atom stereocenters. The lowest BCUT2D eigenvalue weighted by Crippen LogP contribution is -2.50. The molecule has 1 N–H and O–H groups in total. The summed E-state index contributed by atoms with van der Waals surface area (Å²) in [7, 11) is -3.50. The summed E-state index contributed by atoms with van der Waals surface area (Å²) < 4.78 is 27.3. The van der Waals surface area contributed by atoms with Crippen molar-refractivity contribution >= 4 is 44.6 Å². The monoisotopic (exact) mass is 399 g/mol. The van der Waals surface area contributed by atoms with E-state index in [4.69, 9.17) is 11.6 Å². The third kappa shape index (κ3) is 4.59. The van der Waals surface area contributed by atoms with Gasteiger partial charge in [-0.25, -0.2) is 8.42 Å². The summed E-state index contributed by atoms with van der Waals surface area (Å²) in [5.74, 6) is -0.104. The van der Waals surface area contributed by atoms with Crippen LogP contribution in [0.4, 0.5) is 5.69 Å². The molecule has 0 bridgehead atoms. The number of carbonyl (C=O) groups excluding carboxylic acids is 1. The Morgan fingerprint density at radius 2 is 1.76 bits per heavy atom. The van der Waals surface area contributed by atoms with Crippen molar-refractivity contribution in [2.45, 2.75) is 4.21 Å². The van der Waals surface area contributed by atoms with Gasteiger partial charge in [-0.05, 0) is 24.3 Å². The Labute approximate surface area is 156 Å². The van der Waals surface area contributed by atoms with Crippen LogP contribution in [0.25, 0.3) is 0 Å². The van der Waals surface area contributed by atoms with Crippen LogP contribution in [0.5, 0.6) is 0 Å². The maximum atomic E-state index is 12.6. The molecule has 25 heavy (non-hydrogen) atoms. The Bertz CT molecular complexity index is 831.